The van der Waals surface area contributed by atoms with Crippen molar-refractivity contribution in [2.75, 3.05) is 0 Å². The number of benzene rings is 1. The average Bonchev–Trinajstić information content (AvgIpc) is 2.03. The van der Waals surface area contributed by atoms with Gasteiger partial charge >= 0.3 is 0 Å². The molecule has 0 aromatic heterocycles. The third-order valence-electron chi connectivity index (χ3n) is 1.68. The molecule has 0 aliphatic heterocycles. The lowest BCUT2D eigenvalue weighted by atomic mass is 10.0. The fourth-order valence-electron chi connectivity index (χ4n) is 1.04. The van der Waals surface area contributed by atoms with Gasteiger partial charge in [-0.05, 0) is 30.2 Å². The van der Waals surface area contributed by atoms with Crippen LogP contribution in [0.15, 0.2) is 18.2 Å². The largest absolute Gasteiger partial charge is 0.376 e. The molecule has 1 aromatic carbocycles. The number of rotatable bonds is 1. The number of aryl methyl sites for hydroxylation is 1. The Morgan fingerprint density at radius 2 is 2.25 bits per heavy atom. The summed E-state index contributed by atoms with van der Waals surface area (Å²) in [5.41, 5.74) is 1.25. The van der Waals surface area contributed by atoms with Crippen molar-refractivity contribution in [2.24, 2.45) is 0 Å². The van der Waals surface area contributed by atoms with E-state index in [1.54, 1.807) is 6.92 Å². The molecule has 2 heteroatoms. The number of aliphatic hydroxyl groups excluding tert-OH is 1. The van der Waals surface area contributed by atoms with Crippen molar-refractivity contribution in [3.8, 4) is 12.3 Å². The Morgan fingerprint density at radius 3 is 2.75 bits per heavy atom. The first-order valence-electron chi connectivity index (χ1n) is 3.55. The van der Waals surface area contributed by atoms with Gasteiger partial charge in [-0.25, -0.2) is 4.39 Å². The van der Waals surface area contributed by atoms with Crippen LogP contribution < -0.4 is 0 Å². The predicted octanol–water partition coefficient (Wildman–Crippen LogP) is 1.80. The molecule has 0 fully saturated rings. The van der Waals surface area contributed by atoms with Gasteiger partial charge in [0.05, 0.1) is 0 Å². The van der Waals surface area contributed by atoms with E-state index in [2.05, 4.69) is 5.92 Å². The van der Waals surface area contributed by atoms with Gasteiger partial charge in [0.15, 0.2) is 0 Å². The van der Waals surface area contributed by atoms with Crippen molar-refractivity contribution < 1.29 is 9.50 Å². The van der Waals surface area contributed by atoms with Gasteiger partial charge in [0, 0.05) is 0 Å². The highest BCUT2D eigenvalue weighted by molar-refractivity contribution is 5.32. The maximum absolute atomic E-state index is 12.6. The summed E-state index contributed by atoms with van der Waals surface area (Å²) in [6.45, 7) is 1.71. The third kappa shape index (κ3) is 1.63. The first-order valence-corrected chi connectivity index (χ1v) is 3.55. The van der Waals surface area contributed by atoms with E-state index in [0.29, 0.717) is 11.1 Å². The molecule has 1 aromatic rings. The highest BCUT2D eigenvalue weighted by atomic mass is 19.1. The van der Waals surface area contributed by atoms with Crippen LogP contribution in [0.3, 0.4) is 0 Å². The van der Waals surface area contributed by atoms with Gasteiger partial charge in [-0.1, -0.05) is 12.0 Å². The summed E-state index contributed by atoms with van der Waals surface area (Å²) in [6.07, 6.45) is 4.08. The zero-order valence-corrected chi connectivity index (χ0v) is 6.71. The summed E-state index contributed by atoms with van der Waals surface area (Å²) in [5, 5.41) is 9.24. The Bertz CT molecular complexity index is 325. The molecule has 1 rings (SSSR count). The van der Waals surface area contributed by atoms with Crippen LogP contribution >= 0.6 is 0 Å². The van der Waals surface area contributed by atoms with Gasteiger partial charge in [-0.15, -0.1) is 6.42 Å². The highest BCUT2D eigenvalue weighted by Crippen LogP contribution is 2.17. The average molecular weight is 164 g/mol. The summed E-state index contributed by atoms with van der Waals surface area (Å²) >= 11 is 0. The molecule has 0 heterocycles. The molecule has 1 nitrogen and oxygen atoms in total. The number of hydrogen-bond donors (Lipinski definition) is 1. The van der Waals surface area contributed by atoms with Gasteiger partial charge in [0.2, 0.25) is 0 Å². The molecule has 1 N–H and O–H groups in total. The lowest BCUT2D eigenvalue weighted by Gasteiger charge is -2.06. The van der Waals surface area contributed by atoms with E-state index in [-0.39, 0.29) is 5.82 Å². The van der Waals surface area contributed by atoms with Crippen LogP contribution in [0.2, 0.25) is 0 Å². The zero-order chi connectivity index (χ0) is 9.14. The monoisotopic (exact) mass is 164 g/mol. The standard InChI is InChI=1S/C10H9FO/c1-3-10(12)9-5-4-8(11)6-7(9)2/h1,4-6,10,12H,2H3/t10-/m1/s1. The number of aliphatic hydroxyl groups is 1. The predicted molar refractivity (Wildman–Crippen MR) is 44.9 cm³/mol. The van der Waals surface area contributed by atoms with Gasteiger partial charge < -0.3 is 5.11 Å². The fraction of sp³-hybridized carbons (Fsp3) is 0.200. The van der Waals surface area contributed by atoms with Crippen molar-refractivity contribution >= 4 is 0 Å². The molecule has 12 heavy (non-hydrogen) atoms. The summed E-state index contributed by atoms with van der Waals surface area (Å²) < 4.78 is 12.6. The van der Waals surface area contributed by atoms with Gasteiger partial charge in [0.25, 0.3) is 0 Å². The maximum Gasteiger partial charge on any atom is 0.140 e. The van der Waals surface area contributed by atoms with Crippen LogP contribution in [-0.4, -0.2) is 5.11 Å². The summed E-state index contributed by atoms with van der Waals surface area (Å²) in [5.74, 6) is 1.86. The maximum atomic E-state index is 12.6. The molecule has 0 saturated carbocycles. The van der Waals surface area contributed by atoms with Crippen molar-refractivity contribution in [1.29, 1.82) is 0 Å². The van der Waals surface area contributed by atoms with E-state index in [1.165, 1.54) is 18.2 Å². The molecule has 0 bridgehead atoms. The van der Waals surface area contributed by atoms with E-state index in [1.807, 2.05) is 0 Å². The lowest BCUT2D eigenvalue weighted by molar-refractivity contribution is 0.237. The number of terminal acetylenes is 1. The molecule has 0 unspecified atom stereocenters. The second-order valence-electron chi connectivity index (χ2n) is 2.57. The molecule has 0 saturated heterocycles. The number of hydrogen-bond acceptors (Lipinski definition) is 1. The van der Waals surface area contributed by atoms with Crippen LogP contribution in [0.5, 0.6) is 0 Å². The Morgan fingerprint density at radius 1 is 1.58 bits per heavy atom. The second kappa shape index (κ2) is 3.38. The Hall–Kier alpha value is -1.33. The lowest BCUT2D eigenvalue weighted by Crippen LogP contribution is -1.96. The first-order chi connectivity index (χ1) is 5.65. The molecule has 1 atom stereocenters. The molecule has 62 valence electrons. The van der Waals surface area contributed by atoms with Crippen LogP contribution in [0, 0.1) is 25.1 Å². The van der Waals surface area contributed by atoms with Crippen molar-refractivity contribution in [3.05, 3.63) is 35.1 Å². The molecule has 0 spiro atoms. The smallest absolute Gasteiger partial charge is 0.140 e. The molecular formula is C10H9FO. The first kappa shape index (κ1) is 8.76. The highest BCUT2D eigenvalue weighted by Gasteiger charge is 2.06. The molecule has 0 aliphatic rings. The van der Waals surface area contributed by atoms with E-state index >= 15 is 0 Å². The molecule has 0 aliphatic carbocycles. The quantitative estimate of drug-likeness (QED) is 0.627. The van der Waals surface area contributed by atoms with E-state index in [0.717, 1.165) is 0 Å². The second-order valence-corrected chi connectivity index (χ2v) is 2.57. The van der Waals surface area contributed by atoms with Gasteiger partial charge in [-0.2, -0.15) is 0 Å². The molecule has 0 amide bonds. The number of halogens is 1. The topological polar surface area (TPSA) is 20.2 Å². The minimum absolute atomic E-state index is 0.319. The van der Waals surface area contributed by atoms with E-state index in [9.17, 15) is 9.50 Å². The zero-order valence-electron chi connectivity index (χ0n) is 6.71. The summed E-state index contributed by atoms with van der Waals surface area (Å²) in [6, 6.07) is 4.12. The van der Waals surface area contributed by atoms with Crippen molar-refractivity contribution in [3.63, 3.8) is 0 Å². The minimum atomic E-state index is -0.939. The molecular weight excluding hydrogens is 155 g/mol. The van der Waals surface area contributed by atoms with Crippen LogP contribution in [0.1, 0.15) is 17.2 Å². The van der Waals surface area contributed by atoms with Crippen molar-refractivity contribution in [1.82, 2.24) is 0 Å². The Balaban J connectivity index is 3.11. The third-order valence-corrected chi connectivity index (χ3v) is 1.68. The fourth-order valence-corrected chi connectivity index (χ4v) is 1.04. The SMILES string of the molecule is C#C[C@@H](O)c1ccc(F)cc1C. The minimum Gasteiger partial charge on any atom is -0.376 e. The van der Waals surface area contributed by atoms with Gasteiger partial charge in [0.1, 0.15) is 11.9 Å². The van der Waals surface area contributed by atoms with Crippen LogP contribution in [0.25, 0.3) is 0 Å². The normalized spacial score (nSPS) is 12.2. The molecule has 0 radical (unpaired) electrons. The van der Waals surface area contributed by atoms with Crippen LogP contribution in [0.4, 0.5) is 4.39 Å². The summed E-state index contributed by atoms with van der Waals surface area (Å²) in [4.78, 5) is 0. The van der Waals surface area contributed by atoms with E-state index in [4.69, 9.17) is 6.42 Å². The summed E-state index contributed by atoms with van der Waals surface area (Å²) in [7, 11) is 0. The Kier molecular flexibility index (Phi) is 2.47. The van der Waals surface area contributed by atoms with Gasteiger partial charge in [-0.3, -0.25) is 0 Å². The van der Waals surface area contributed by atoms with Crippen LogP contribution in [-0.2, 0) is 0 Å². The Labute approximate surface area is 70.9 Å². The van der Waals surface area contributed by atoms with Crippen molar-refractivity contribution in [2.45, 2.75) is 13.0 Å². The van der Waals surface area contributed by atoms with E-state index < -0.39 is 6.10 Å².